The predicted molar refractivity (Wildman–Crippen MR) is 96.7 cm³/mol. The number of nitrogens with one attached hydrogen (secondary N) is 1. The van der Waals surface area contributed by atoms with Gasteiger partial charge >= 0.3 is 5.69 Å². The molecule has 0 radical (unpaired) electrons. The molecule has 0 aliphatic carbocycles. The van der Waals surface area contributed by atoms with Crippen LogP contribution in [0, 0.1) is 5.82 Å². The highest BCUT2D eigenvalue weighted by molar-refractivity contribution is 6.31. The number of rotatable bonds is 4. The molecule has 2 aromatic carbocycles. The topological polar surface area (TPSA) is 58.1 Å². The SMILES string of the molecule is CN(C)C(Cn1c(=O)[nH]c2ccccc2c1=O)c1c(F)cccc1Cl. The Hall–Kier alpha value is -2.44. The Morgan fingerprint density at radius 2 is 1.88 bits per heavy atom. The summed E-state index contributed by atoms with van der Waals surface area (Å²) in [6, 6.07) is 10.6. The van der Waals surface area contributed by atoms with Crippen molar-refractivity contribution in [3.8, 4) is 0 Å². The Labute approximate surface area is 148 Å². The van der Waals surface area contributed by atoms with Gasteiger partial charge in [0.2, 0.25) is 0 Å². The summed E-state index contributed by atoms with van der Waals surface area (Å²) >= 11 is 6.17. The lowest BCUT2D eigenvalue weighted by Crippen LogP contribution is -2.39. The van der Waals surface area contributed by atoms with Gasteiger partial charge in [-0.3, -0.25) is 9.36 Å². The minimum Gasteiger partial charge on any atom is -0.307 e. The van der Waals surface area contributed by atoms with Crippen LogP contribution in [0.5, 0.6) is 0 Å². The van der Waals surface area contributed by atoms with Crippen LogP contribution in [0.3, 0.4) is 0 Å². The first-order valence-corrected chi connectivity index (χ1v) is 8.10. The van der Waals surface area contributed by atoms with Crippen molar-refractivity contribution in [2.75, 3.05) is 14.1 Å². The molecule has 7 heteroatoms. The second-order valence-electron chi connectivity index (χ2n) is 6.01. The fourth-order valence-electron chi connectivity index (χ4n) is 2.88. The maximum absolute atomic E-state index is 14.3. The molecule has 0 aliphatic heterocycles. The van der Waals surface area contributed by atoms with E-state index in [0.717, 1.165) is 4.57 Å². The quantitative estimate of drug-likeness (QED) is 0.777. The van der Waals surface area contributed by atoms with Crippen molar-refractivity contribution in [2.45, 2.75) is 12.6 Å². The predicted octanol–water partition coefficient (Wildman–Crippen LogP) is 2.79. The van der Waals surface area contributed by atoms with Gasteiger partial charge < -0.3 is 9.88 Å². The molecule has 0 spiro atoms. The van der Waals surface area contributed by atoms with Gasteiger partial charge in [-0.1, -0.05) is 29.8 Å². The number of hydrogen-bond acceptors (Lipinski definition) is 3. The van der Waals surface area contributed by atoms with Gasteiger partial charge in [-0.25, -0.2) is 9.18 Å². The third kappa shape index (κ3) is 3.23. The van der Waals surface area contributed by atoms with E-state index in [0.29, 0.717) is 10.9 Å². The Kier molecular flexibility index (Phi) is 4.74. The molecule has 1 atom stereocenters. The van der Waals surface area contributed by atoms with E-state index in [-0.39, 0.29) is 17.1 Å². The summed E-state index contributed by atoms with van der Waals surface area (Å²) in [6.07, 6.45) is 0. The molecule has 3 rings (SSSR count). The summed E-state index contributed by atoms with van der Waals surface area (Å²) in [5.74, 6) is -0.475. The molecule has 0 saturated carbocycles. The first-order chi connectivity index (χ1) is 11.9. The fraction of sp³-hybridized carbons (Fsp3) is 0.222. The number of nitrogens with zero attached hydrogens (tertiary/aromatic N) is 2. The minimum absolute atomic E-state index is 0.0212. The van der Waals surface area contributed by atoms with Gasteiger partial charge in [0.25, 0.3) is 5.56 Å². The van der Waals surface area contributed by atoms with Crippen LogP contribution < -0.4 is 11.2 Å². The Balaban J connectivity index is 2.15. The van der Waals surface area contributed by atoms with Crippen LogP contribution in [0.4, 0.5) is 4.39 Å². The van der Waals surface area contributed by atoms with E-state index < -0.39 is 23.1 Å². The zero-order valence-electron chi connectivity index (χ0n) is 13.8. The smallest absolute Gasteiger partial charge is 0.307 e. The zero-order valence-corrected chi connectivity index (χ0v) is 14.5. The summed E-state index contributed by atoms with van der Waals surface area (Å²) in [6.45, 7) is -0.0212. The number of para-hydroxylation sites is 1. The molecule has 3 aromatic rings. The average molecular weight is 362 g/mol. The van der Waals surface area contributed by atoms with Crippen LogP contribution in [0.2, 0.25) is 5.02 Å². The summed E-state index contributed by atoms with van der Waals surface area (Å²) in [5, 5.41) is 0.656. The van der Waals surface area contributed by atoms with Gasteiger partial charge in [-0.2, -0.15) is 0 Å². The highest BCUT2D eigenvalue weighted by Crippen LogP contribution is 2.29. The van der Waals surface area contributed by atoms with E-state index in [9.17, 15) is 14.0 Å². The lowest BCUT2D eigenvalue weighted by Gasteiger charge is -2.26. The summed E-state index contributed by atoms with van der Waals surface area (Å²) in [7, 11) is 3.49. The number of H-pyrrole nitrogens is 1. The van der Waals surface area contributed by atoms with Crippen molar-refractivity contribution in [1.82, 2.24) is 14.5 Å². The number of likely N-dealkylation sites (N-methyl/N-ethyl adjacent to an activating group) is 1. The van der Waals surface area contributed by atoms with Crippen molar-refractivity contribution >= 4 is 22.5 Å². The Morgan fingerprint density at radius 1 is 1.16 bits per heavy atom. The van der Waals surface area contributed by atoms with Crippen molar-refractivity contribution in [1.29, 1.82) is 0 Å². The second kappa shape index (κ2) is 6.82. The second-order valence-corrected chi connectivity index (χ2v) is 6.41. The third-order valence-corrected chi connectivity index (χ3v) is 4.53. The number of halogens is 2. The molecule has 25 heavy (non-hydrogen) atoms. The summed E-state index contributed by atoms with van der Waals surface area (Å²) in [4.78, 5) is 29.5. The maximum Gasteiger partial charge on any atom is 0.328 e. The maximum atomic E-state index is 14.3. The number of fused-ring (bicyclic) bond motifs is 1. The highest BCUT2D eigenvalue weighted by atomic mass is 35.5. The first kappa shape index (κ1) is 17.4. The number of aromatic amines is 1. The van der Waals surface area contributed by atoms with Gasteiger partial charge in [0.1, 0.15) is 5.82 Å². The number of aromatic nitrogens is 2. The van der Waals surface area contributed by atoms with Crippen LogP contribution in [0.25, 0.3) is 10.9 Å². The third-order valence-electron chi connectivity index (χ3n) is 4.20. The minimum atomic E-state index is -0.575. The molecule has 0 saturated heterocycles. The molecule has 0 amide bonds. The monoisotopic (exact) mass is 361 g/mol. The summed E-state index contributed by atoms with van der Waals surface area (Å²) in [5.41, 5.74) is -0.227. The molecular weight excluding hydrogens is 345 g/mol. The van der Waals surface area contributed by atoms with Crippen molar-refractivity contribution in [3.63, 3.8) is 0 Å². The van der Waals surface area contributed by atoms with Crippen LogP contribution in [0.1, 0.15) is 11.6 Å². The normalized spacial score (nSPS) is 12.7. The van der Waals surface area contributed by atoms with Gasteiger partial charge in [0.05, 0.1) is 23.5 Å². The van der Waals surface area contributed by atoms with Crippen LogP contribution in [-0.4, -0.2) is 28.5 Å². The number of benzene rings is 2. The fourth-order valence-corrected chi connectivity index (χ4v) is 3.17. The van der Waals surface area contributed by atoms with Crippen molar-refractivity contribution < 1.29 is 4.39 Å². The van der Waals surface area contributed by atoms with Gasteiger partial charge in [0, 0.05) is 10.6 Å². The first-order valence-electron chi connectivity index (χ1n) is 7.72. The number of hydrogen-bond donors (Lipinski definition) is 1. The lowest BCUT2D eigenvalue weighted by molar-refractivity contribution is 0.258. The van der Waals surface area contributed by atoms with Gasteiger partial charge in [0.15, 0.2) is 0 Å². The van der Waals surface area contributed by atoms with Gasteiger partial charge in [-0.15, -0.1) is 0 Å². The Bertz CT molecular complexity index is 1020. The van der Waals surface area contributed by atoms with Crippen LogP contribution in [0.15, 0.2) is 52.1 Å². The molecule has 0 bridgehead atoms. The molecule has 0 aliphatic rings. The van der Waals surface area contributed by atoms with E-state index >= 15 is 0 Å². The van der Waals surface area contributed by atoms with Crippen molar-refractivity contribution in [3.05, 3.63) is 79.7 Å². The molecule has 1 aromatic heterocycles. The zero-order chi connectivity index (χ0) is 18.1. The molecule has 1 N–H and O–H groups in total. The standard InChI is InChI=1S/C18H17ClFN3O2/c1-22(2)15(16-12(19)7-5-8-13(16)20)10-23-17(24)11-6-3-4-9-14(11)21-18(23)25/h3-9,15H,10H2,1-2H3,(H,21,25). The van der Waals surface area contributed by atoms with Crippen LogP contribution >= 0.6 is 11.6 Å². The van der Waals surface area contributed by atoms with E-state index in [2.05, 4.69) is 4.98 Å². The molecule has 0 fully saturated rings. The van der Waals surface area contributed by atoms with Crippen LogP contribution in [-0.2, 0) is 6.54 Å². The van der Waals surface area contributed by atoms with E-state index in [1.165, 1.54) is 12.1 Å². The van der Waals surface area contributed by atoms with E-state index in [1.807, 2.05) is 0 Å². The molecule has 130 valence electrons. The highest BCUT2D eigenvalue weighted by Gasteiger charge is 2.23. The summed E-state index contributed by atoms with van der Waals surface area (Å²) < 4.78 is 15.4. The Morgan fingerprint density at radius 3 is 2.56 bits per heavy atom. The van der Waals surface area contributed by atoms with E-state index in [1.54, 1.807) is 49.3 Å². The largest absolute Gasteiger partial charge is 0.328 e. The molecule has 1 unspecified atom stereocenters. The van der Waals surface area contributed by atoms with E-state index in [4.69, 9.17) is 11.6 Å². The van der Waals surface area contributed by atoms with Gasteiger partial charge in [-0.05, 0) is 38.4 Å². The molecule has 5 nitrogen and oxygen atoms in total. The lowest BCUT2D eigenvalue weighted by atomic mass is 10.0. The average Bonchev–Trinajstić information content (AvgIpc) is 2.56. The van der Waals surface area contributed by atoms with Crippen molar-refractivity contribution in [2.24, 2.45) is 0 Å². The molecule has 1 heterocycles. The molecular formula is C18H17ClFN3O2.